The van der Waals surface area contributed by atoms with Crippen LogP contribution in [0.2, 0.25) is 0 Å². The van der Waals surface area contributed by atoms with Crippen molar-refractivity contribution in [3.8, 4) is 0 Å². The Morgan fingerprint density at radius 1 is 1.72 bits per heavy atom. The number of aromatic nitrogens is 2. The van der Waals surface area contributed by atoms with Gasteiger partial charge in [-0.25, -0.2) is 4.98 Å². The summed E-state index contributed by atoms with van der Waals surface area (Å²) in [6, 6.07) is 0.330. The maximum Gasteiger partial charge on any atom is 0.293 e. The topological polar surface area (TPSA) is 96.7 Å². The Kier molecular flexibility index (Phi) is 3.50. The first kappa shape index (κ1) is 12.4. The summed E-state index contributed by atoms with van der Waals surface area (Å²) in [7, 11) is 1.77. The molecule has 0 aliphatic heterocycles. The van der Waals surface area contributed by atoms with E-state index in [9.17, 15) is 4.79 Å². The molecule has 1 heterocycles. The molecule has 7 heteroatoms. The lowest BCUT2D eigenvalue weighted by Gasteiger charge is -2.17. The molecular weight excluding hydrogens is 234 g/mol. The first-order valence-electron chi connectivity index (χ1n) is 5.88. The molecule has 1 saturated carbocycles. The van der Waals surface area contributed by atoms with Crippen molar-refractivity contribution in [2.75, 3.05) is 18.5 Å². The molecule has 0 radical (unpaired) electrons. The van der Waals surface area contributed by atoms with Crippen LogP contribution in [0.1, 0.15) is 25.3 Å². The van der Waals surface area contributed by atoms with Gasteiger partial charge in [0.15, 0.2) is 5.82 Å². The highest BCUT2D eigenvalue weighted by molar-refractivity contribution is 5.80. The lowest BCUT2D eigenvalue weighted by Crippen LogP contribution is -2.32. The largest absolute Gasteiger partial charge is 0.409 e. The second-order valence-corrected chi connectivity index (χ2v) is 4.46. The fourth-order valence-electron chi connectivity index (χ4n) is 1.75. The van der Waals surface area contributed by atoms with Crippen molar-refractivity contribution in [2.45, 2.75) is 25.3 Å². The van der Waals surface area contributed by atoms with Crippen LogP contribution >= 0.6 is 0 Å². The minimum atomic E-state index is -0.0815. The van der Waals surface area contributed by atoms with E-state index in [-0.39, 0.29) is 11.4 Å². The van der Waals surface area contributed by atoms with Crippen LogP contribution in [-0.4, -0.2) is 34.2 Å². The summed E-state index contributed by atoms with van der Waals surface area (Å²) in [5.74, 6) is 0.537. The molecule has 3 N–H and O–H groups in total. The van der Waals surface area contributed by atoms with Crippen molar-refractivity contribution in [1.82, 2.24) is 9.55 Å². The second-order valence-electron chi connectivity index (χ2n) is 4.46. The fraction of sp³-hybridized carbons (Fsp3) is 0.545. The predicted molar refractivity (Wildman–Crippen MR) is 68.1 cm³/mol. The van der Waals surface area contributed by atoms with Crippen LogP contribution in [0.25, 0.3) is 0 Å². The molecule has 0 bridgehead atoms. The van der Waals surface area contributed by atoms with Gasteiger partial charge in [0.25, 0.3) is 5.56 Å². The molecule has 2 rings (SSSR count). The SMILES string of the molecule is CN(CC/C(N)=N/O)c1nccn(C2CC2)c1=O. The van der Waals surface area contributed by atoms with E-state index in [1.165, 1.54) is 0 Å². The summed E-state index contributed by atoms with van der Waals surface area (Å²) in [6.07, 6.45) is 5.84. The molecule has 0 unspecified atom stereocenters. The number of hydrogen-bond acceptors (Lipinski definition) is 5. The number of nitrogens with two attached hydrogens (primary N) is 1. The fourth-order valence-corrected chi connectivity index (χ4v) is 1.75. The highest BCUT2D eigenvalue weighted by atomic mass is 16.4. The van der Waals surface area contributed by atoms with E-state index in [1.54, 1.807) is 28.9 Å². The lowest BCUT2D eigenvalue weighted by atomic mass is 10.3. The third-order valence-corrected chi connectivity index (χ3v) is 2.98. The molecule has 1 fully saturated rings. The van der Waals surface area contributed by atoms with Gasteiger partial charge >= 0.3 is 0 Å². The van der Waals surface area contributed by atoms with Crippen LogP contribution in [0.15, 0.2) is 22.3 Å². The Hall–Kier alpha value is -2.05. The molecular formula is C11H17N5O2. The van der Waals surface area contributed by atoms with Gasteiger partial charge in [-0.15, -0.1) is 0 Å². The molecule has 0 amide bonds. The summed E-state index contributed by atoms with van der Waals surface area (Å²) >= 11 is 0. The zero-order chi connectivity index (χ0) is 13.1. The van der Waals surface area contributed by atoms with Gasteiger partial charge in [0.1, 0.15) is 5.84 Å². The maximum absolute atomic E-state index is 12.2. The van der Waals surface area contributed by atoms with Gasteiger partial charge in [0.05, 0.1) is 0 Å². The van der Waals surface area contributed by atoms with Gasteiger partial charge in [-0.2, -0.15) is 0 Å². The van der Waals surface area contributed by atoms with Gasteiger partial charge < -0.3 is 20.4 Å². The minimum absolute atomic E-state index is 0.0815. The molecule has 0 saturated heterocycles. The highest BCUT2D eigenvalue weighted by Crippen LogP contribution is 2.33. The summed E-state index contributed by atoms with van der Waals surface area (Å²) in [5, 5.41) is 11.4. The van der Waals surface area contributed by atoms with Crippen LogP contribution < -0.4 is 16.2 Å². The van der Waals surface area contributed by atoms with Crippen molar-refractivity contribution in [3.05, 3.63) is 22.7 Å². The molecule has 1 aliphatic carbocycles. The van der Waals surface area contributed by atoms with Crippen LogP contribution in [0.3, 0.4) is 0 Å². The second kappa shape index (κ2) is 5.07. The Balaban J connectivity index is 2.12. The van der Waals surface area contributed by atoms with Crippen molar-refractivity contribution in [3.63, 3.8) is 0 Å². The van der Waals surface area contributed by atoms with E-state index in [4.69, 9.17) is 10.9 Å². The quantitative estimate of drug-likeness (QED) is 0.336. The Labute approximate surface area is 105 Å². The summed E-state index contributed by atoms with van der Waals surface area (Å²) in [4.78, 5) is 18.0. The van der Waals surface area contributed by atoms with Crippen molar-refractivity contribution in [2.24, 2.45) is 10.9 Å². The zero-order valence-electron chi connectivity index (χ0n) is 10.3. The monoisotopic (exact) mass is 251 g/mol. The average molecular weight is 251 g/mol. The molecule has 1 aliphatic rings. The number of hydrogen-bond donors (Lipinski definition) is 2. The van der Waals surface area contributed by atoms with Gasteiger partial charge in [-0.1, -0.05) is 5.16 Å². The van der Waals surface area contributed by atoms with Gasteiger partial charge in [0.2, 0.25) is 0 Å². The number of amidine groups is 1. The van der Waals surface area contributed by atoms with Gasteiger partial charge in [-0.3, -0.25) is 4.79 Å². The Morgan fingerprint density at radius 2 is 2.44 bits per heavy atom. The van der Waals surface area contributed by atoms with E-state index < -0.39 is 0 Å². The lowest BCUT2D eigenvalue weighted by molar-refractivity contribution is 0.317. The van der Waals surface area contributed by atoms with E-state index >= 15 is 0 Å². The molecule has 0 spiro atoms. The summed E-state index contributed by atoms with van der Waals surface area (Å²) < 4.78 is 1.72. The number of nitrogens with zero attached hydrogens (tertiary/aromatic N) is 4. The molecule has 18 heavy (non-hydrogen) atoms. The molecule has 1 aromatic heterocycles. The number of rotatable bonds is 5. The first-order valence-corrected chi connectivity index (χ1v) is 5.88. The van der Waals surface area contributed by atoms with Crippen LogP contribution in [0.4, 0.5) is 5.82 Å². The smallest absolute Gasteiger partial charge is 0.293 e. The third-order valence-electron chi connectivity index (χ3n) is 2.98. The van der Waals surface area contributed by atoms with Crippen molar-refractivity contribution in [1.29, 1.82) is 0 Å². The molecule has 0 atom stereocenters. The minimum Gasteiger partial charge on any atom is -0.409 e. The van der Waals surface area contributed by atoms with Crippen LogP contribution in [0.5, 0.6) is 0 Å². The molecule has 98 valence electrons. The maximum atomic E-state index is 12.2. The van der Waals surface area contributed by atoms with Crippen LogP contribution in [0, 0.1) is 0 Å². The van der Waals surface area contributed by atoms with E-state index in [0.29, 0.717) is 24.8 Å². The van der Waals surface area contributed by atoms with Crippen molar-refractivity contribution < 1.29 is 5.21 Å². The average Bonchev–Trinajstić information content (AvgIpc) is 3.20. The van der Waals surface area contributed by atoms with Gasteiger partial charge in [0, 0.05) is 38.4 Å². The predicted octanol–water partition coefficient (Wildman–Crippen LogP) is 0.151. The normalized spacial score (nSPS) is 15.7. The highest BCUT2D eigenvalue weighted by Gasteiger charge is 2.25. The number of oxime groups is 1. The van der Waals surface area contributed by atoms with Gasteiger partial charge in [-0.05, 0) is 12.8 Å². The third kappa shape index (κ3) is 2.61. The van der Waals surface area contributed by atoms with E-state index in [2.05, 4.69) is 10.1 Å². The zero-order valence-corrected chi connectivity index (χ0v) is 10.3. The standard InChI is InChI=1S/C11H17N5O2/c1-15(6-4-9(12)14-18)10-11(17)16(7-5-13-10)8-2-3-8/h5,7-8,18H,2-4,6H2,1H3,(H2,12,14). The molecule has 7 nitrogen and oxygen atoms in total. The summed E-state index contributed by atoms with van der Waals surface area (Å²) in [5.41, 5.74) is 5.31. The summed E-state index contributed by atoms with van der Waals surface area (Å²) in [6.45, 7) is 0.479. The molecule has 0 aromatic carbocycles. The first-order chi connectivity index (χ1) is 8.63. The van der Waals surface area contributed by atoms with Crippen LogP contribution in [-0.2, 0) is 0 Å². The van der Waals surface area contributed by atoms with E-state index in [0.717, 1.165) is 12.8 Å². The Morgan fingerprint density at radius 3 is 3.06 bits per heavy atom. The molecule has 1 aromatic rings. The Bertz CT molecular complexity index is 506. The van der Waals surface area contributed by atoms with E-state index in [1.807, 2.05) is 0 Å². The number of anilines is 1. The van der Waals surface area contributed by atoms with Crippen molar-refractivity contribution >= 4 is 11.7 Å².